The van der Waals surface area contributed by atoms with Crippen LogP contribution in [-0.4, -0.2) is 63.5 Å². The van der Waals surface area contributed by atoms with E-state index in [4.69, 9.17) is 14.2 Å². The average Bonchev–Trinajstić information content (AvgIpc) is 3.08. The van der Waals surface area contributed by atoms with Gasteiger partial charge in [-0.25, -0.2) is 4.98 Å². The summed E-state index contributed by atoms with van der Waals surface area (Å²) in [6, 6.07) is 0.434. The highest BCUT2D eigenvalue weighted by Crippen LogP contribution is 2.27. The number of morpholine rings is 1. The van der Waals surface area contributed by atoms with Crippen LogP contribution < -0.4 is 14.4 Å². The van der Waals surface area contributed by atoms with Crippen LogP contribution in [0.3, 0.4) is 0 Å². The standard InChI is InChI=1S/C14H15BrN6O5/c15-10-5-16-13(18-12(10)19-1-3-24-4-2-19)26-9-6-20-7-11(21(22)23)17-14(20)25-8-9/h5,7,9H,1-4,6,8H2/t9-/m0/s1. The van der Waals surface area contributed by atoms with E-state index in [1.54, 1.807) is 10.8 Å². The molecule has 12 heteroatoms. The maximum absolute atomic E-state index is 10.8. The van der Waals surface area contributed by atoms with Crippen molar-refractivity contribution in [1.29, 1.82) is 0 Å². The van der Waals surface area contributed by atoms with E-state index >= 15 is 0 Å². The molecule has 2 aromatic heterocycles. The quantitative estimate of drug-likeness (QED) is 0.521. The Hall–Kier alpha value is -2.47. The summed E-state index contributed by atoms with van der Waals surface area (Å²) < 4.78 is 19.0. The molecule has 1 fully saturated rings. The number of nitrogens with zero attached hydrogens (tertiary/aromatic N) is 6. The normalized spacial score (nSPS) is 19.6. The monoisotopic (exact) mass is 426 g/mol. The van der Waals surface area contributed by atoms with Crippen LogP contribution in [0, 0.1) is 10.1 Å². The van der Waals surface area contributed by atoms with Gasteiger partial charge in [0.25, 0.3) is 0 Å². The lowest BCUT2D eigenvalue weighted by Gasteiger charge is -2.29. The van der Waals surface area contributed by atoms with E-state index in [1.807, 2.05) is 0 Å². The molecule has 0 spiro atoms. The van der Waals surface area contributed by atoms with Crippen molar-refractivity contribution < 1.29 is 19.1 Å². The number of aromatic nitrogens is 4. The first-order valence-corrected chi connectivity index (χ1v) is 8.75. The number of hydrogen-bond acceptors (Lipinski definition) is 9. The lowest BCUT2D eigenvalue weighted by Crippen LogP contribution is -2.37. The summed E-state index contributed by atoms with van der Waals surface area (Å²) in [7, 11) is 0. The third-order valence-corrected chi connectivity index (χ3v) is 4.56. The Morgan fingerprint density at radius 2 is 2.15 bits per heavy atom. The Balaban J connectivity index is 1.48. The maximum atomic E-state index is 10.8. The molecule has 2 aliphatic heterocycles. The zero-order valence-corrected chi connectivity index (χ0v) is 15.2. The Morgan fingerprint density at radius 3 is 2.92 bits per heavy atom. The van der Waals surface area contributed by atoms with Crippen molar-refractivity contribution in [3.63, 3.8) is 0 Å². The number of anilines is 1. The van der Waals surface area contributed by atoms with Gasteiger partial charge in [-0.2, -0.15) is 4.98 Å². The average molecular weight is 427 g/mol. The Labute approximate surface area is 156 Å². The molecule has 1 atom stereocenters. The van der Waals surface area contributed by atoms with Gasteiger partial charge in [-0.05, 0) is 20.9 Å². The molecule has 4 heterocycles. The predicted molar refractivity (Wildman–Crippen MR) is 91.6 cm³/mol. The number of rotatable bonds is 4. The van der Waals surface area contributed by atoms with Crippen molar-refractivity contribution >= 4 is 27.6 Å². The molecule has 0 aromatic carbocycles. The zero-order valence-electron chi connectivity index (χ0n) is 13.6. The number of imidazole rings is 1. The summed E-state index contributed by atoms with van der Waals surface area (Å²) >= 11 is 3.46. The van der Waals surface area contributed by atoms with Gasteiger partial charge in [0.15, 0.2) is 6.10 Å². The van der Waals surface area contributed by atoms with Crippen LogP contribution in [0.15, 0.2) is 16.9 Å². The molecule has 0 unspecified atom stereocenters. The van der Waals surface area contributed by atoms with Gasteiger partial charge < -0.3 is 29.2 Å². The van der Waals surface area contributed by atoms with E-state index < -0.39 is 4.92 Å². The van der Waals surface area contributed by atoms with Crippen molar-refractivity contribution in [2.24, 2.45) is 0 Å². The lowest BCUT2D eigenvalue weighted by molar-refractivity contribution is -0.389. The summed E-state index contributed by atoms with van der Waals surface area (Å²) in [5.74, 6) is 0.490. The van der Waals surface area contributed by atoms with Crippen molar-refractivity contribution in [2.75, 3.05) is 37.8 Å². The van der Waals surface area contributed by atoms with Crippen molar-refractivity contribution in [3.8, 4) is 12.0 Å². The zero-order chi connectivity index (χ0) is 18.1. The van der Waals surface area contributed by atoms with Gasteiger partial charge in [-0.15, -0.1) is 0 Å². The largest absolute Gasteiger partial charge is 0.455 e. The molecule has 4 rings (SSSR count). The number of fused-ring (bicyclic) bond motifs is 1. The van der Waals surface area contributed by atoms with Gasteiger partial charge in [0, 0.05) is 18.1 Å². The molecular formula is C14H15BrN6O5. The highest BCUT2D eigenvalue weighted by atomic mass is 79.9. The molecular weight excluding hydrogens is 412 g/mol. The molecule has 1 saturated heterocycles. The second-order valence-corrected chi connectivity index (χ2v) is 6.62. The van der Waals surface area contributed by atoms with Crippen molar-refractivity contribution in [1.82, 2.24) is 19.5 Å². The van der Waals surface area contributed by atoms with Gasteiger partial charge in [-0.1, -0.05) is 0 Å². The summed E-state index contributed by atoms with van der Waals surface area (Å²) in [5.41, 5.74) is 0. The fourth-order valence-electron chi connectivity index (χ4n) is 2.78. The molecule has 0 N–H and O–H groups in total. The molecule has 11 nitrogen and oxygen atoms in total. The van der Waals surface area contributed by atoms with Gasteiger partial charge >= 0.3 is 17.8 Å². The minimum Gasteiger partial charge on any atom is -0.455 e. The van der Waals surface area contributed by atoms with E-state index in [2.05, 4.69) is 35.8 Å². The molecule has 138 valence electrons. The second-order valence-electron chi connectivity index (χ2n) is 5.77. The Bertz CT molecular complexity index is 824. The first-order valence-electron chi connectivity index (χ1n) is 7.96. The fraction of sp³-hybridized carbons (Fsp3) is 0.500. The molecule has 0 bridgehead atoms. The Morgan fingerprint density at radius 1 is 1.35 bits per heavy atom. The summed E-state index contributed by atoms with van der Waals surface area (Å²) in [6.07, 6.45) is 2.59. The van der Waals surface area contributed by atoms with E-state index in [0.29, 0.717) is 19.8 Å². The van der Waals surface area contributed by atoms with Crippen LogP contribution in [0.1, 0.15) is 0 Å². The third kappa shape index (κ3) is 3.42. The fourth-order valence-corrected chi connectivity index (χ4v) is 3.22. The van der Waals surface area contributed by atoms with E-state index in [0.717, 1.165) is 23.4 Å². The predicted octanol–water partition coefficient (Wildman–Crippen LogP) is 1.02. The highest BCUT2D eigenvalue weighted by molar-refractivity contribution is 9.10. The minimum absolute atomic E-state index is 0.209. The lowest BCUT2D eigenvalue weighted by atomic mass is 10.3. The molecule has 0 radical (unpaired) electrons. The van der Waals surface area contributed by atoms with Crippen molar-refractivity contribution in [3.05, 3.63) is 27.0 Å². The second kappa shape index (κ2) is 7.03. The maximum Gasteiger partial charge on any atom is 0.414 e. The van der Waals surface area contributed by atoms with E-state index in [1.165, 1.54) is 6.20 Å². The van der Waals surface area contributed by atoms with Crippen LogP contribution in [0.4, 0.5) is 11.6 Å². The van der Waals surface area contributed by atoms with Gasteiger partial charge in [0.2, 0.25) is 0 Å². The minimum atomic E-state index is -0.559. The van der Waals surface area contributed by atoms with Gasteiger partial charge in [0.05, 0.1) is 30.4 Å². The first-order chi connectivity index (χ1) is 12.6. The number of hydrogen-bond donors (Lipinski definition) is 0. The van der Waals surface area contributed by atoms with Crippen LogP contribution in [-0.2, 0) is 11.3 Å². The SMILES string of the molecule is O=[N+]([O-])c1cn2c(n1)OC[C@@H](Oc1ncc(Br)c(N3CCOCC3)n1)C2. The first kappa shape index (κ1) is 17.0. The van der Waals surface area contributed by atoms with E-state index in [9.17, 15) is 10.1 Å². The van der Waals surface area contributed by atoms with E-state index in [-0.39, 0.29) is 30.5 Å². The number of halogens is 1. The summed E-state index contributed by atoms with van der Waals surface area (Å²) in [4.78, 5) is 24.8. The molecule has 0 aliphatic carbocycles. The highest BCUT2D eigenvalue weighted by Gasteiger charge is 2.29. The summed E-state index contributed by atoms with van der Waals surface area (Å²) in [5, 5.41) is 10.8. The number of ether oxygens (including phenoxy) is 3. The molecule has 0 saturated carbocycles. The van der Waals surface area contributed by atoms with Crippen molar-refractivity contribution in [2.45, 2.75) is 12.6 Å². The third-order valence-electron chi connectivity index (χ3n) is 4.00. The topological polar surface area (TPSA) is 118 Å². The van der Waals surface area contributed by atoms with Crippen LogP contribution in [0.5, 0.6) is 12.0 Å². The van der Waals surface area contributed by atoms with Crippen LogP contribution in [0.25, 0.3) is 0 Å². The van der Waals surface area contributed by atoms with Gasteiger partial charge in [-0.3, -0.25) is 4.57 Å². The molecule has 2 aromatic rings. The Kier molecular flexibility index (Phi) is 4.59. The molecule has 0 amide bonds. The summed E-state index contributed by atoms with van der Waals surface area (Å²) in [6.45, 7) is 3.34. The van der Waals surface area contributed by atoms with Crippen LogP contribution in [0.2, 0.25) is 0 Å². The van der Waals surface area contributed by atoms with Gasteiger partial charge in [0.1, 0.15) is 18.6 Å². The van der Waals surface area contributed by atoms with Crippen LogP contribution >= 0.6 is 15.9 Å². The number of nitro groups is 1. The molecule has 26 heavy (non-hydrogen) atoms. The molecule has 2 aliphatic rings. The smallest absolute Gasteiger partial charge is 0.414 e.